The molecule has 0 aliphatic carbocycles. The van der Waals surface area contributed by atoms with Gasteiger partial charge in [0.15, 0.2) is 0 Å². The number of aromatic nitrogens is 4. The molecule has 0 aliphatic heterocycles. The predicted molar refractivity (Wildman–Crippen MR) is 138 cm³/mol. The monoisotopic (exact) mass is 595 g/mol. The van der Waals surface area contributed by atoms with Crippen molar-refractivity contribution in [2.24, 2.45) is 14.1 Å². The number of alkyl halides is 3. The number of aromatic amines is 1. The maximum absolute atomic E-state index is 13.6. The Morgan fingerprint density at radius 1 is 1.13 bits per heavy atom. The second-order valence-corrected chi connectivity index (χ2v) is 9.32. The SMILES string of the molecule is Cc1ccccc1CCN(Cc1ncc[nH]1)C(=O)c1cc2c(cc1Br)n(C)c(=O)n2C.O=C(O)C(F)(F)F. The topological polar surface area (TPSA) is 113 Å². The average Bonchev–Trinajstić information content (AvgIpc) is 3.44. The number of aliphatic carboxylic acids is 1. The number of carboxylic acids is 1. The number of carbonyl (C=O) groups is 2. The molecule has 4 rings (SSSR count). The molecule has 38 heavy (non-hydrogen) atoms. The third-order valence-corrected chi connectivity index (χ3v) is 6.58. The summed E-state index contributed by atoms with van der Waals surface area (Å²) in [4.78, 5) is 44.0. The number of nitrogens with one attached hydrogen (secondary N) is 1. The van der Waals surface area contributed by atoms with Crippen LogP contribution < -0.4 is 5.69 Å². The van der Waals surface area contributed by atoms with E-state index in [1.807, 2.05) is 18.2 Å². The Balaban J connectivity index is 0.000000505. The molecule has 0 atom stereocenters. The number of imidazole rings is 2. The summed E-state index contributed by atoms with van der Waals surface area (Å²) in [7, 11) is 3.44. The zero-order chi connectivity index (χ0) is 28.2. The Kier molecular flexibility index (Phi) is 8.82. The first kappa shape index (κ1) is 28.7. The smallest absolute Gasteiger partial charge is 0.475 e. The van der Waals surface area contributed by atoms with Crippen LogP contribution in [0.4, 0.5) is 13.2 Å². The second-order valence-electron chi connectivity index (χ2n) is 8.46. The van der Waals surface area contributed by atoms with E-state index in [0.717, 1.165) is 23.3 Å². The van der Waals surface area contributed by atoms with Crippen molar-refractivity contribution in [3.05, 3.63) is 86.3 Å². The standard InChI is InChI=1S/C23H24BrN5O2.C2HF3O2/c1-15-6-4-5-7-16(15)8-11-29(14-21-25-9-10-26-21)22(30)17-12-19-20(13-18(17)24)28(3)23(31)27(19)2;3-2(4,5)1(6)7/h4-7,9-10,12-13H,8,11,14H2,1-3H3,(H,25,26);(H,6,7). The Labute approximate surface area is 223 Å². The number of fused-ring (bicyclic) bond motifs is 1. The van der Waals surface area contributed by atoms with Gasteiger partial charge in [0.25, 0.3) is 5.91 Å². The first-order valence-electron chi connectivity index (χ1n) is 11.3. The zero-order valence-electron chi connectivity index (χ0n) is 20.7. The van der Waals surface area contributed by atoms with Gasteiger partial charge in [0.2, 0.25) is 0 Å². The van der Waals surface area contributed by atoms with Gasteiger partial charge < -0.3 is 15.0 Å². The highest BCUT2D eigenvalue weighted by molar-refractivity contribution is 9.10. The molecule has 2 aromatic carbocycles. The summed E-state index contributed by atoms with van der Waals surface area (Å²) < 4.78 is 35.5. The Bertz CT molecular complexity index is 1510. The van der Waals surface area contributed by atoms with E-state index in [2.05, 4.69) is 45.0 Å². The lowest BCUT2D eigenvalue weighted by Crippen LogP contribution is -2.33. The summed E-state index contributed by atoms with van der Waals surface area (Å²) in [6.45, 7) is 2.99. The Morgan fingerprint density at radius 2 is 1.74 bits per heavy atom. The zero-order valence-corrected chi connectivity index (χ0v) is 22.3. The summed E-state index contributed by atoms with van der Waals surface area (Å²) in [6, 6.07) is 11.8. The Hall–Kier alpha value is -3.87. The number of H-pyrrole nitrogens is 1. The normalized spacial score (nSPS) is 11.2. The fraction of sp³-hybridized carbons (Fsp3) is 0.280. The molecule has 0 unspecified atom stereocenters. The van der Waals surface area contributed by atoms with E-state index in [0.29, 0.717) is 23.1 Å². The summed E-state index contributed by atoms with van der Waals surface area (Å²) in [5, 5.41) is 7.12. The lowest BCUT2D eigenvalue weighted by atomic mass is 10.1. The van der Waals surface area contributed by atoms with E-state index in [-0.39, 0.29) is 11.6 Å². The predicted octanol–water partition coefficient (Wildman–Crippen LogP) is 4.19. The van der Waals surface area contributed by atoms with Gasteiger partial charge in [0.1, 0.15) is 5.82 Å². The lowest BCUT2D eigenvalue weighted by Gasteiger charge is -2.23. The molecule has 0 spiro atoms. The number of hydrogen-bond donors (Lipinski definition) is 2. The molecule has 0 bridgehead atoms. The average molecular weight is 596 g/mol. The van der Waals surface area contributed by atoms with Gasteiger partial charge in [-0.3, -0.25) is 13.9 Å². The van der Waals surface area contributed by atoms with Crippen LogP contribution in [0.3, 0.4) is 0 Å². The number of aryl methyl sites for hydroxylation is 3. The van der Waals surface area contributed by atoms with Crippen molar-refractivity contribution in [2.45, 2.75) is 26.1 Å². The van der Waals surface area contributed by atoms with E-state index in [1.54, 1.807) is 46.6 Å². The molecule has 0 saturated heterocycles. The first-order chi connectivity index (χ1) is 17.8. The molecule has 0 aliphatic rings. The van der Waals surface area contributed by atoms with E-state index < -0.39 is 12.1 Å². The number of carbonyl (C=O) groups excluding carboxylic acids is 1. The van der Waals surface area contributed by atoms with Crippen LogP contribution in [0.15, 0.2) is 58.1 Å². The molecule has 0 fully saturated rings. The molecule has 0 radical (unpaired) electrons. The van der Waals surface area contributed by atoms with Gasteiger partial charge in [0.05, 0.1) is 23.1 Å². The third-order valence-electron chi connectivity index (χ3n) is 5.93. The van der Waals surface area contributed by atoms with Crippen LogP contribution in [0.1, 0.15) is 27.3 Å². The number of halogens is 4. The second kappa shape index (κ2) is 11.7. The van der Waals surface area contributed by atoms with Crippen molar-refractivity contribution >= 4 is 38.8 Å². The van der Waals surface area contributed by atoms with Gasteiger partial charge in [-0.05, 0) is 52.5 Å². The quantitative estimate of drug-likeness (QED) is 0.347. The minimum absolute atomic E-state index is 0.116. The van der Waals surface area contributed by atoms with Crippen LogP contribution in [0.2, 0.25) is 0 Å². The number of carboxylic acid groups (broad SMARTS) is 1. The molecule has 0 saturated carbocycles. The van der Waals surface area contributed by atoms with Gasteiger partial charge in [-0.2, -0.15) is 13.2 Å². The molecule has 2 aromatic heterocycles. The number of hydrogen-bond acceptors (Lipinski definition) is 4. The van der Waals surface area contributed by atoms with E-state index in [4.69, 9.17) is 9.90 Å². The van der Waals surface area contributed by atoms with Gasteiger partial charge in [-0.15, -0.1) is 0 Å². The van der Waals surface area contributed by atoms with Crippen molar-refractivity contribution in [1.82, 2.24) is 24.0 Å². The molecule has 9 nitrogen and oxygen atoms in total. The van der Waals surface area contributed by atoms with Gasteiger partial charge >= 0.3 is 17.8 Å². The number of amides is 1. The molecule has 2 N–H and O–H groups in total. The fourth-order valence-electron chi connectivity index (χ4n) is 3.82. The molecule has 1 amide bonds. The highest BCUT2D eigenvalue weighted by Gasteiger charge is 2.38. The van der Waals surface area contributed by atoms with Crippen LogP contribution in [0.25, 0.3) is 11.0 Å². The molecular weight excluding hydrogens is 571 g/mol. The van der Waals surface area contributed by atoms with Gasteiger partial charge in [0, 0.05) is 37.5 Å². The van der Waals surface area contributed by atoms with Crippen LogP contribution >= 0.6 is 15.9 Å². The third kappa shape index (κ3) is 6.52. The summed E-state index contributed by atoms with van der Waals surface area (Å²) in [6.07, 6.45) is -0.912. The summed E-state index contributed by atoms with van der Waals surface area (Å²) in [5.74, 6) is -2.15. The highest BCUT2D eigenvalue weighted by Crippen LogP contribution is 2.25. The van der Waals surface area contributed by atoms with Crippen molar-refractivity contribution in [1.29, 1.82) is 0 Å². The van der Waals surface area contributed by atoms with Crippen LogP contribution in [-0.2, 0) is 31.9 Å². The van der Waals surface area contributed by atoms with Crippen LogP contribution in [0, 0.1) is 6.92 Å². The highest BCUT2D eigenvalue weighted by atomic mass is 79.9. The lowest BCUT2D eigenvalue weighted by molar-refractivity contribution is -0.192. The first-order valence-corrected chi connectivity index (χ1v) is 12.1. The van der Waals surface area contributed by atoms with E-state index in [9.17, 15) is 22.8 Å². The van der Waals surface area contributed by atoms with Crippen molar-refractivity contribution in [2.75, 3.05) is 6.54 Å². The molecule has 13 heteroatoms. The van der Waals surface area contributed by atoms with Crippen molar-refractivity contribution in [3.63, 3.8) is 0 Å². The minimum atomic E-state index is -5.08. The molecular formula is C25H25BrF3N5O4. The summed E-state index contributed by atoms with van der Waals surface area (Å²) in [5.41, 5.74) is 4.29. The van der Waals surface area contributed by atoms with Crippen molar-refractivity contribution in [3.8, 4) is 0 Å². The van der Waals surface area contributed by atoms with Gasteiger partial charge in [-0.1, -0.05) is 24.3 Å². The largest absolute Gasteiger partial charge is 0.490 e. The van der Waals surface area contributed by atoms with Gasteiger partial charge in [-0.25, -0.2) is 14.6 Å². The number of benzene rings is 2. The van der Waals surface area contributed by atoms with Crippen LogP contribution in [0.5, 0.6) is 0 Å². The Morgan fingerprint density at radius 3 is 2.29 bits per heavy atom. The van der Waals surface area contributed by atoms with Crippen LogP contribution in [-0.4, -0.2) is 53.7 Å². The maximum Gasteiger partial charge on any atom is 0.490 e. The molecule has 4 aromatic rings. The minimum Gasteiger partial charge on any atom is -0.475 e. The summed E-state index contributed by atoms with van der Waals surface area (Å²) >= 11 is 3.54. The van der Waals surface area contributed by atoms with Crippen molar-refractivity contribution < 1.29 is 27.9 Å². The molecule has 2 heterocycles. The number of nitrogens with zero attached hydrogens (tertiary/aromatic N) is 4. The number of rotatable bonds is 6. The fourth-order valence-corrected chi connectivity index (χ4v) is 4.32. The maximum atomic E-state index is 13.6. The molecule has 202 valence electrons. The van der Waals surface area contributed by atoms with E-state index >= 15 is 0 Å². The van der Waals surface area contributed by atoms with E-state index in [1.165, 1.54) is 11.1 Å².